The highest BCUT2D eigenvalue weighted by Crippen LogP contribution is 2.12. The molecule has 3 aromatic heterocycles. The number of nitrogens with zero attached hydrogens (tertiary/aromatic N) is 5. The second-order valence-corrected chi connectivity index (χ2v) is 5.86. The fraction of sp³-hybridized carbons (Fsp3) is 0.167. The van der Waals surface area contributed by atoms with Crippen molar-refractivity contribution in [3.8, 4) is 11.4 Å². The van der Waals surface area contributed by atoms with Gasteiger partial charge < -0.3 is 0 Å². The van der Waals surface area contributed by atoms with Gasteiger partial charge in [-0.2, -0.15) is 5.10 Å². The summed E-state index contributed by atoms with van der Waals surface area (Å²) in [6.45, 7) is 2.47. The van der Waals surface area contributed by atoms with Gasteiger partial charge in [-0.15, -0.1) is 0 Å². The van der Waals surface area contributed by atoms with Gasteiger partial charge >= 0.3 is 0 Å². The summed E-state index contributed by atoms with van der Waals surface area (Å²) >= 11 is 0. The van der Waals surface area contributed by atoms with Crippen molar-refractivity contribution in [3.63, 3.8) is 0 Å². The minimum Gasteiger partial charge on any atom is -0.298 e. The maximum Gasteiger partial charge on any atom is 0.261 e. The highest BCUT2D eigenvalue weighted by atomic mass is 16.1. The van der Waals surface area contributed by atoms with Crippen molar-refractivity contribution in [2.45, 2.75) is 19.9 Å². The van der Waals surface area contributed by atoms with Gasteiger partial charge in [0.1, 0.15) is 5.82 Å². The number of pyridine rings is 1. The number of aromatic nitrogens is 6. The number of aryl methyl sites for hydroxylation is 3. The second-order valence-electron chi connectivity index (χ2n) is 5.86. The lowest BCUT2D eigenvalue weighted by molar-refractivity contribution is 0.644. The SMILES string of the molecule is Cc1ccc2c(=O)n(CCc3nc(-c4cccnc4)n[nH]3)cnc2c1. The molecular formula is C18H16N6O. The molecule has 0 atom stereocenters. The quantitative estimate of drug-likeness (QED) is 0.618. The van der Waals surface area contributed by atoms with E-state index in [1.54, 1.807) is 23.3 Å². The van der Waals surface area contributed by atoms with Crippen molar-refractivity contribution in [1.82, 2.24) is 29.7 Å². The van der Waals surface area contributed by atoms with Crippen molar-refractivity contribution < 1.29 is 0 Å². The van der Waals surface area contributed by atoms with Gasteiger partial charge in [-0.3, -0.25) is 19.4 Å². The lowest BCUT2D eigenvalue weighted by atomic mass is 10.2. The summed E-state index contributed by atoms with van der Waals surface area (Å²) in [5, 5.41) is 7.74. The molecule has 0 aliphatic carbocycles. The van der Waals surface area contributed by atoms with E-state index >= 15 is 0 Å². The average molecular weight is 332 g/mol. The molecule has 0 radical (unpaired) electrons. The lowest BCUT2D eigenvalue weighted by Crippen LogP contribution is -2.21. The van der Waals surface area contributed by atoms with Crippen molar-refractivity contribution in [2.75, 3.05) is 0 Å². The summed E-state index contributed by atoms with van der Waals surface area (Å²) in [6.07, 6.45) is 5.57. The zero-order chi connectivity index (χ0) is 17.2. The van der Waals surface area contributed by atoms with Crippen LogP contribution < -0.4 is 5.56 Å². The zero-order valence-corrected chi connectivity index (χ0v) is 13.7. The molecule has 0 aliphatic heterocycles. The van der Waals surface area contributed by atoms with E-state index in [0.29, 0.717) is 24.2 Å². The van der Waals surface area contributed by atoms with Crippen LogP contribution in [0.5, 0.6) is 0 Å². The molecule has 7 heteroatoms. The van der Waals surface area contributed by atoms with Crippen LogP contribution in [0.15, 0.2) is 53.8 Å². The number of H-pyrrole nitrogens is 1. The maximum atomic E-state index is 12.6. The fourth-order valence-electron chi connectivity index (χ4n) is 2.69. The molecule has 7 nitrogen and oxygen atoms in total. The number of fused-ring (bicyclic) bond motifs is 1. The molecule has 1 N–H and O–H groups in total. The highest BCUT2D eigenvalue weighted by molar-refractivity contribution is 5.77. The maximum absolute atomic E-state index is 12.6. The Bertz CT molecular complexity index is 1080. The van der Waals surface area contributed by atoms with Gasteiger partial charge in [0, 0.05) is 30.9 Å². The monoisotopic (exact) mass is 332 g/mol. The molecule has 0 fully saturated rings. The molecule has 0 aliphatic rings. The zero-order valence-electron chi connectivity index (χ0n) is 13.7. The number of hydrogen-bond acceptors (Lipinski definition) is 5. The van der Waals surface area contributed by atoms with E-state index in [2.05, 4.69) is 25.1 Å². The van der Waals surface area contributed by atoms with Crippen molar-refractivity contribution >= 4 is 10.9 Å². The molecule has 1 aromatic carbocycles. The molecule has 0 amide bonds. The minimum atomic E-state index is -0.0444. The lowest BCUT2D eigenvalue weighted by Gasteiger charge is -2.05. The first kappa shape index (κ1) is 15.2. The molecule has 0 bridgehead atoms. The predicted octanol–water partition coefficient (Wildman–Crippen LogP) is 2.13. The van der Waals surface area contributed by atoms with Gasteiger partial charge in [-0.1, -0.05) is 6.07 Å². The Morgan fingerprint density at radius 3 is 3.00 bits per heavy atom. The third kappa shape index (κ3) is 3.03. The Hall–Kier alpha value is -3.35. The summed E-state index contributed by atoms with van der Waals surface area (Å²) in [6, 6.07) is 9.41. The average Bonchev–Trinajstić information content (AvgIpc) is 3.11. The van der Waals surface area contributed by atoms with Crippen LogP contribution in [0.1, 0.15) is 11.4 Å². The Balaban J connectivity index is 1.55. The third-order valence-corrected chi connectivity index (χ3v) is 4.02. The predicted molar refractivity (Wildman–Crippen MR) is 94.1 cm³/mol. The fourth-order valence-corrected chi connectivity index (χ4v) is 2.69. The van der Waals surface area contributed by atoms with Crippen LogP contribution in [0.4, 0.5) is 0 Å². The Labute approximate surface area is 143 Å². The summed E-state index contributed by atoms with van der Waals surface area (Å²) in [7, 11) is 0. The van der Waals surface area contributed by atoms with Crippen molar-refractivity contribution in [2.24, 2.45) is 0 Å². The Morgan fingerprint density at radius 1 is 1.24 bits per heavy atom. The first-order chi connectivity index (χ1) is 12.2. The first-order valence-electron chi connectivity index (χ1n) is 7.98. The van der Waals surface area contributed by atoms with E-state index in [-0.39, 0.29) is 5.56 Å². The third-order valence-electron chi connectivity index (χ3n) is 4.02. The van der Waals surface area contributed by atoms with Gasteiger partial charge in [0.25, 0.3) is 5.56 Å². The van der Waals surface area contributed by atoms with Crippen molar-refractivity contribution in [3.05, 3.63) is 70.8 Å². The van der Waals surface area contributed by atoms with Gasteiger partial charge in [-0.25, -0.2) is 9.97 Å². The van der Waals surface area contributed by atoms with Crippen LogP contribution in [0.25, 0.3) is 22.3 Å². The molecule has 3 heterocycles. The van der Waals surface area contributed by atoms with Gasteiger partial charge in [-0.05, 0) is 36.8 Å². The van der Waals surface area contributed by atoms with Gasteiger partial charge in [0.15, 0.2) is 5.82 Å². The van der Waals surface area contributed by atoms with E-state index in [9.17, 15) is 4.79 Å². The Morgan fingerprint density at radius 2 is 2.16 bits per heavy atom. The van der Waals surface area contributed by atoms with E-state index in [4.69, 9.17) is 0 Å². The van der Waals surface area contributed by atoms with Crippen LogP contribution in [0.3, 0.4) is 0 Å². The molecule has 124 valence electrons. The standard InChI is InChI=1S/C18H16N6O/c1-12-4-5-14-15(9-12)20-11-24(18(14)25)8-6-16-21-17(23-22-16)13-3-2-7-19-10-13/h2-5,7,9-11H,6,8H2,1H3,(H,21,22,23). The smallest absolute Gasteiger partial charge is 0.261 e. The largest absolute Gasteiger partial charge is 0.298 e. The number of benzene rings is 1. The van der Waals surface area contributed by atoms with E-state index in [1.807, 2.05) is 37.3 Å². The van der Waals surface area contributed by atoms with E-state index < -0.39 is 0 Å². The molecule has 0 saturated heterocycles. The summed E-state index contributed by atoms with van der Waals surface area (Å²) in [4.78, 5) is 25.5. The summed E-state index contributed by atoms with van der Waals surface area (Å²) in [5.74, 6) is 1.32. The molecular weight excluding hydrogens is 316 g/mol. The number of aromatic amines is 1. The molecule has 0 saturated carbocycles. The van der Waals surface area contributed by atoms with Gasteiger partial charge in [0.2, 0.25) is 0 Å². The first-order valence-corrected chi connectivity index (χ1v) is 7.98. The summed E-state index contributed by atoms with van der Waals surface area (Å²) in [5.41, 5.74) is 2.61. The molecule has 4 rings (SSSR count). The topological polar surface area (TPSA) is 89.4 Å². The van der Waals surface area contributed by atoms with Crippen LogP contribution in [-0.2, 0) is 13.0 Å². The number of nitrogens with one attached hydrogen (secondary N) is 1. The van der Waals surface area contributed by atoms with E-state index in [1.165, 1.54) is 0 Å². The number of rotatable bonds is 4. The second kappa shape index (κ2) is 6.27. The highest BCUT2D eigenvalue weighted by Gasteiger charge is 2.08. The van der Waals surface area contributed by atoms with Crippen LogP contribution in [0.2, 0.25) is 0 Å². The Kier molecular flexibility index (Phi) is 3.81. The molecule has 0 unspecified atom stereocenters. The van der Waals surface area contributed by atoms with Crippen LogP contribution >= 0.6 is 0 Å². The van der Waals surface area contributed by atoms with Crippen molar-refractivity contribution in [1.29, 1.82) is 0 Å². The van der Waals surface area contributed by atoms with Gasteiger partial charge in [0.05, 0.1) is 17.2 Å². The van der Waals surface area contributed by atoms with Crippen LogP contribution in [0, 0.1) is 6.92 Å². The molecule has 4 aromatic rings. The number of hydrogen-bond donors (Lipinski definition) is 1. The molecule has 0 spiro atoms. The minimum absolute atomic E-state index is 0.0444. The molecule has 25 heavy (non-hydrogen) atoms. The normalized spacial score (nSPS) is 11.1. The summed E-state index contributed by atoms with van der Waals surface area (Å²) < 4.78 is 1.60. The van der Waals surface area contributed by atoms with E-state index in [0.717, 1.165) is 22.5 Å². The van der Waals surface area contributed by atoms with Crippen LogP contribution in [-0.4, -0.2) is 29.7 Å².